The number of furan rings is 1. The van der Waals surface area contributed by atoms with Crippen molar-refractivity contribution in [3.8, 4) is 5.75 Å². The van der Waals surface area contributed by atoms with E-state index >= 15 is 0 Å². The average molecular weight is 344 g/mol. The number of aliphatic hydroxyl groups excluding tert-OH is 1. The van der Waals surface area contributed by atoms with Crippen molar-refractivity contribution in [3.05, 3.63) is 29.5 Å². The molecule has 1 unspecified atom stereocenters. The monoisotopic (exact) mass is 344 g/mol. The molecule has 1 atom stereocenters. The summed E-state index contributed by atoms with van der Waals surface area (Å²) in [7, 11) is 0. The highest BCUT2D eigenvalue weighted by atomic mass is 16.5. The molecule has 0 spiro atoms. The van der Waals surface area contributed by atoms with Crippen LogP contribution in [-0.4, -0.2) is 24.4 Å². The predicted octanol–water partition coefficient (Wildman–Crippen LogP) is 4.91. The molecule has 4 nitrogen and oxygen atoms in total. The Hall–Kier alpha value is -1.52. The summed E-state index contributed by atoms with van der Waals surface area (Å²) in [5.41, 5.74) is 1.88. The molecule has 2 aromatic rings. The van der Waals surface area contributed by atoms with Gasteiger partial charge in [0.2, 0.25) is 0 Å². The van der Waals surface area contributed by atoms with Crippen molar-refractivity contribution in [2.45, 2.75) is 64.1 Å². The smallest absolute Gasteiger partial charge is 0.136 e. The molecule has 2 heterocycles. The van der Waals surface area contributed by atoms with E-state index in [1.54, 1.807) is 0 Å². The lowest BCUT2D eigenvalue weighted by Crippen LogP contribution is -2.25. The van der Waals surface area contributed by atoms with Crippen LogP contribution in [0.5, 0.6) is 5.75 Å². The van der Waals surface area contributed by atoms with E-state index in [2.05, 4.69) is 6.07 Å². The van der Waals surface area contributed by atoms with Crippen LogP contribution in [0.1, 0.15) is 62.4 Å². The number of aryl methyl sites for hydroxylation is 1. The van der Waals surface area contributed by atoms with Crippen molar-refractivity contribution in [2.24, 2.45) is 5.92 Å². The summed E-state index contributed by atoms with van der Waals surface area (Å²) in [6.45, 7) is 3.59. The molecule has 4 rings (SSSR count). The average Bonchev–Trinajstić information content (AvgIpc) is 2.99. The largest absolute Gasteiger partial charge is 0.490 e. The highest BCUT2D eigenvalue weighted by Gasteiger charge is 2.28. The molecule has 0 bridgehead atoms. The summed E-state index contributed by atoms with van der Waals surface area (Å²) in [5.74, 6) is 1.94. The third-order valence-electron chi connectivity index (χ3n) is 5.78. The summed E-state index contributed by atoms with van der Waals surface area (Å²) in [6, 6.07) is 5.99. The number of hydrogen-bond donors (Lipinski definition) is 1. The molecular weight excluding hydrogens is 316 g/mol. The topological polar surface area (TPSA) is 51.8 Å². The van der Waals surface area contributed by atoms with Gasteiger partial charge in [0, 0.05) is 23.8 Å². The first-order valence-electron chi connectivity index (χ1n) is 9.68. The number of fused-ring (bicyclic) bond motifs is 1. The summed E-state index contributed by atoms with van der Waals surface area (Å²) in [6.07, 6.45) is 7.51. The third-order valence-corrected chi connectivity index (χ3v) is 5.78. The molecule has 0 radical (unpaired) electrons. The van der Waals surface area contributed by atoms with Gasteiger partial charge in [-0.15, -0.1) is 0 Å². The maximum Gasteiger partial charge on any atom is 0.136 e. The van der Waals surface area contributed by atoms with Gasteiger partial charge in [-0.05, 0) is 43.9 Å². The number of aliphatic hydroxyl groups is 1. The highest BCUT2D eigenvalue weighted by Crippen LogP contribution is 2.39. The van der Waals surface area contributed by atoms with E-state index in [1.807, 2.05) is 19.1 Å². The molecule has 1 aromatic carbocycles. The fourth-order valence-electron chi connectivity index (χ4n) is 4.22. The van der Waals surface area contributed by atoms with Gasteiger partial charge in [-0.1, -0.05) is 19.3 Å². The zero-order valence-electron chi connectivity index (χ0n) is 15.0. The minimum absolute atomic E-state index is 0.228. The van der Waals surface area contributed by atoms with Gasteiger partial charge in [-0.25, -0.2) is 0 Å². The van der Waals surface area contributed by atoms with Crippen LogP contribution in [-0.2, 0) is 4.74 Å². The Morgan fingerprint density at radius 2 is 1.84 bits per heavy atom. The Morgan fingerprint density at radius 1 is 1.08 bits per heavy atom. The molecule has 4 heteroatoms. The Kier molecular flexibility index (Phi) is 5.00. The van der Waals surface area contributed by atoms with Crippen molar-refractivity contribution in [1.29, 1.82) is 0 Å². The van der Waals surface area contributed by atoms with Gasteiger partial charge in [0.15, 0.2) is 0 Å². The summed E-state index contributed by atoms with van der Waals surface area (Å²) in [4.78, 5) is 0. The Balaban J connectivity index is 1.56. The zero-order chi connectivity index (χ0) is 17.2. The van der Waals surface area contributed by atoms with Gasteiger partial charge in [-0.2, -0.15) is 0 Å². The van der Waals surface area contributed by atoms with E-state index in [0.717, 1.165) is 66.9 Å². The molecule has 0 amide bonds. The maximum absolute atomic E-state index is 10.8. The van der Waals surface area contributed by atoms with Crippen molar-refractivity contribution < 1.29 is 19.0 Å². The van der Waals surface area contributed by atoms with E-state index in [9.17, 15) is 5.11 Å². The molecule has 1 aliphatic carbocycles. The first-order chi connectivity index (χ1) is 12.2. The third kappa shape index (κ3) is 3.56. The first kappa shape index (κ1) is 16.9. The molecule has 1 N–H and O–H groups in total. The van der Waals surface area contributed by atoms with Crippen molar-refractivity contribution >= 4 is 11.0 Å². The SMILES string of the molecule is Cc1c(C(O)C2CCCCC2)oc2ccc(OC3CCOCC3)cc12. The fraction of sp³-hybridized carbons (Fsp3) is 0.619. The molecule has 1 aromatic heterocycles. The van der Waals surface area contributed by atoms with Crippen LogP contribution in [0.4, 0.5) is 0 Å². The standard InChI is InChI=1S/C21H28O4/c1-14-18-13-17(24-16-9-11-23-12-10-16)7-8-19(18)25-21(14)20(22)15-5-3-2-4-6-15/h7-8,13,15-16,20,22H,2-6,9-12H2,1H3. The second-order valence-corrected chi connectivity index (χ2v) is 7.52. The molecule has 2 aliphatic rings. The molecule has 1 aliphatic heterocycles. The van der Waals surface area contributed by atoms with Gasteiger partial charge in [0.05, 0.1) is 13.2 Å². The number of ether oxygens (including phenoxy) is 2. The van der Waals surface area contributed by atoms with Crippen LogP contribution in [0, 0.1) is 12.8 Å². The molecule has 1 saturated carbocycles. The van der Waals surface area contributed by atoms with Crippen LogP contribution in [0.15, 0.2) is 22.6 Å². The lowest BCUT2D eigenvalue weighted by Gasteiger charge is -2.25. The maximum atomic E-state index is 10.8. The Morgan fingerprint density at radius 3 is 2.60 bits per heavy atom. The van der Waals surface area contributed by atoms with Crippen LogP contribution in [0.25, 0.3) is 11.0 Å². The second-order valence-electron chi connectivity index (χ2n) is 7.52. The minimum atomic E-state index is -0.493. The van der Waals surface area contributed by atoms with Crippen LogP contribution in [0.3, 0.4) is 0 Å². The lowest BCUT2D eigenvalue weighted by atomic mass is 9.84. The normalized spacial score (nSPS) is 21.5. The fourth-order valence-corrected chi connectivity index (χ4v) is 4.22. The quantitative estimate of drug-likeness (QED) is 0.856. The summed E-state index contributed by atoms with van der Waals surface area (Å²) < 4.78 is 17.5. The molecule has 2 fully saturated rings. The van der Waals surface area contributed by atoms with E-state index < -0.39 is 6.10 Å². The van der Waals surface area contributed by atoms with Crippen molar-refractivity contribution in [2.75, 3.05) is 13.2 Å². The van der Waals surface area contributed by atoms with Crippen LogP contribution >= 0.6 is 0 Å². The number of benzene rings is 1. The van der Waals surface area contributed by atoms with Crippen molar-refractivity contribution in [1.82, 2.24) is 0 Å². The van der Waals surface area contributed by atoms with E-state index in [4.69, 9.17) is 13.9 Å². The van der Waals surface area contributed by atoms with E-state index in [-0.39, 0.29) is 6.10 Å². The number of hydrogen-bond acceptors (Lipinski definition) is 4. The Bertz CT molecular complexity index is 708. The minimum Gasteiger partial charge on any atom is -0.490 e. The zero-order valence-corrected chi connectivity index (χ0v) is 15.0. The van der Waals surface area contributed by atoms with Gasteiger partial charge in [0.1, 0.15) is 29.3 Å². The Labute approximate surface area is 149 Å². The van der Waals surface area contributed by atoms with Crippen LogP contribution < -0.4 is 4.74 Å². The number of rotatable bonds is 4. The van der Waals surface area contributed by atoms with Gasteiger partial charge in [0.25, 0.3) is 0 Å². The molecule has 1 saturated heterocycles. The highest BCUT2D eigenvalue weighted by molar-refractivity contribution is 5.83. The van der Waals surface area contributed by atoms with E-state index in [1.165, 1.54) is 19.3 Å². The second kappa shape index (κ2) is 7.38. The summed E-state index contributed by atoms with van der Waals surface area (Å²) >= 11 is 0. The van der Waals surface area contributed by atoms with Crippen molar-refractivity contribution in [3.63, 3.8) is 0 Å². The summed E-state index contributed by atoms with van der Waals surface area (Å²) in [5, 5.41) is 11.9. The van der Waals surface area contributed by atoms with Gasteiger partial charge < -0.3 is 19.0 Å². The molecule has 136 valence electrons. The van der Waals surface area contributed by atoms with Gasteiger partial charge >= 0.3 is 0 Å². The predicted molar refractivity (Wildman–Crippen MR) is 97.0 cm³/mol. The lowest BCUT2D eigenvalue weighted by molar-refractivity contribution is 0.0256. The molecule has 25 heavy (non-hydrogen) atoms. The van der Waals surface area contributed by atoms with E-state index in [0.29, 0.717) is 5.92 Å². The first-order valence-corrected chi connectivity index (χ1v) is 9.68. The van der Waals surface area contributed by atoms with Gasteiger partial charge in [-0.3, -0.25) is 0 Å². The molecular formula is C21H28O4. The van der Waals surface area contributed by atoms with Crippen LogP contribution in [0.2, 0.25) is 0 Å².